The molecule has 3 heterocycles. The number of aromatic hydroxyl groups is 4. The van der Waals surface area contributed by atoms with E-state index in [4.69, 9.17) is 33.2 Å². The third kappa shape index (κ3) is 9.18. The van der Waals surface area contributed by atoms with Crippen molar-refractivity contribution in [3.8, 4) is 23.0 Å². The van der Waals surface area contributed by atoms with Gasteiger partial charge in [-0.1, -0.05) is 12.1 Å². The molecule has 53 heavy (non-hydrogen) atoms. The number of ether oxygens (including phenoxy) is 7. The second-order valence-corrected chi connectivity index (χ2v) is 12.9. The molecule has 3 aliphatic rings. The van der Waals surface area contributed by atoms with Gasteiger partial charge in [0.25, 0.3) is 0 Å². The first-order valence-electron chi connectivity index (χ1n) is 16.6. The first-order chi connectivity index (χ1) is 25.1. The minimum absolute atomic E-state index is 0.137. The summed E-state index contributed by atoms with van der Waals surface area (Å²) < 4.78 is 40.1. The Morgan fingerprint density at radius 2 is 1.51 bits per heavy atom. The molecular formula is C34H44O19. The van der Waals surface area contributed by atoms with Crippen LogP contribution in [0.3, 0.4) is 0 Å². The van der Waals surface area contributed by atoms with Gasteiger partial charge in [0.2, 0.25) is 0 Å². The van der Waals surface area contributed by atoms with E-state index in [2.05, 4.69) is 0 Å². The summed E-state index contributed by atoms with van der Waals surface area (Å²) in [4.78, 5) is 13.1. The van der Waals surface area contributed by atoms with Crippen LogP contribution in [0.5, 0.6) is 23.0 Å². The molecule has 0 saturated carbocycles. The summed E-state index contributed by atoms with van der Waals surface area (Å²) in [6.45, 7) is -1.02. The number of phenols is 4. The van der Waals surface area contributed by atoms with Crippen molar-refractivity contribution in [1.82, 2.24) is 0 Å². The van der Waals surface area contributed by atoms with Crippen molar-refractivity contribution in [3.05, 3.63) is 53.6 Å². The van der Waals surface area contributed by atoms with Crippen LogP contribution in [-0.4, -0.2) is 168 Å². The van der Waals surface area contributed by atoms with E-state index in [0.29, 0.717) is 11.1 Å². The second-order valence-electron chi connectivity index (χ2n) is 12.9. The highest BCUT2D eigenvalue weighted by Crippen LogP contribution is 2.35. The number of aliphatic hydroxyl groups excluding tert-OH is 6. The van der Waals surface area contributed by atoms with Crippen molar-refractivity contribution in [2.45, 2.75) is 92.8 Å². The Morgan fingerprint density at radius 3 is 2.15 bits per heavy atom. The first kappa shape index (κ1) is 40.5. The molecule has 294 valence electrons. The van der Waals surface area contributed by atoms with Crippen LogP contribution in [0, 0.1) is 0 Å². The quantitative estimate of drug-likeness (QED) is 0.0569. The molecule has 2 aromatic rings. The summed E-state index contributed by atoms with van der Waals surface area (Å²) in [5.41, 5.74) is -1.28. The number of benzene rings is 2. The van der Waals surface area contributed by atoms with Gasteiger partial charge in [-0.05, 0) is 54.8 Å². The number of phenolic OH excluding ortho intramolecular Hbond substituents is 4. The van der Waals surface area contributed by atoms with E-state index < -0.39 is 111 Å². The lowest BCUT2D eigenvalue weighted by molar-refractivity contribution is -0.372. The van der Waals surface area contributed by atoms with Crippen molar-refractivity contribution < 1.29 is 94.1 Å². The molecule has 3 aliphatic heterocycles. The standard InChI is InChI=1S/C34H44O19/c1-15-24(42)25(43)29(53-33-30(45)34(46,13-36)14-48-33)32(49-15)52-28-26(44)31(47-9-8-17-3-6-19(38)21(40)11-17)50-22(12-35)27(28)51-23(41)7-4-16-2-5-18(37)20(39)10-16/h2-7,10-11,15,22,24-33,35-40,42-46H,8-9,12-14H2,1H3. The number of carbonyl (C=O) groups is 1. The summed E-state index contributed by atoms with van der Waals surface area (Å²) in [6, 6.07) is 7.85. The summed E-state index contributed by atoms with van der Waals surface area (Å²) in [6.07, 6.45) is -17.2. The smallest absolute Gasteiger partial charge is 0.331 e. The zero-order valence-electron chi connectivity index (χ0n) is 28.3. The maximum Gasteiger partial charge on any atom is 0.331 e. The molecule has 19 heteroatoms. The molecule has 5 rings (SSSR count). The molecule has 0 spiro atoms. The van der Waals surface area contributed by atoms with Gasteiger partial charge in [-0.15, -0.1) is 0 Å². The van der Waals surface area contributed by atoms with E-state index in [1.54, 1.807) is 0 Å². The van der Waals surface area contributed by atoms with Crippen LogP contribution < -0.4 is 0 Å². The SMILES string of the molecule is CC1OC(OC2C(O)C(OCCc3ccc(O)c(O)c3)OC(CO)C2OC(=O)C=Cc2ccc(O)c(O)c2)C(OC2OCC(O)(CO)C2O)C(O)C1O. The number of hydrogen-bond donors (Lipinski definition) is 11. The van der Waals surface area contributed by atoms with Gasteiger partial charge in [-0.2, -0.15) is 0 Å². The average Bonchev–Trinajstić information content (AvgIpc) is 3.42. The van der Waals surface area contributed by atoms with Gasteiger partial charge >= 0.3 is 5.97 Å². The van der Waals surface area contributed by atoms with Gasteiger partial charge in [0, 0.05) is 6.08 Å². The predicted octanol–water partition coefficient (Wildman–Crippen LogP) is -2.55. The minimum Gasteiger partial charge on any atom is -0.504 e. The fourth-order valence-corrected chi connectivity index (χ4v) is 5.95. The van der Waals surface area contributed by atoms with Crippen molar-refractivity contribution in [2.75, 3.05) is 26.4 Å². The normalized spacial score (nSPS) is 36.2. The van der Waals surface area contributed by atoms with Gasteiger partial charge in [0.15, 0.2) is 48.0 Å². The first-order valence-corrected chi connectivity index (χ1v) is 16.6. The zero-order chi connectivity index (χ0) is 38.6. The van der Waals surface area contributed by atoms with E-state index in [0.717, 1.165) is 6.08 Å². The lowest BCUT2D eigenvalue weighted by Crippen LogP contribution is -2.65. The molecule has 13 unspecified atom stereocenters. The Balaban J connectivity index is 1.40. The second kappa shape index (κ2) is 17.2. The third-order valence-electron chi connectivity index (χ3n) is 9.12. The van der Waals surface area contributed by atoms with Gasteiger partial charge in [-0.25, -0.2) is 4.79 Å². The molecule has 2 aromatic carbocycles. The third-order valence-corrected chi connectivity index (χ3v) is 9.12. The molecule has 0 aliphatic carbocycles. The molecule has 3 saturated heterocycles. The van der Waals surface area contributed by atoms with Gasteiger partial charge in [0.1, 0.15) is 48.3 Å². The average molecular weight is 757 g/mol. The van der Waals surface area contributed by atoms with Crippen molar-refractivity contribution in [3.63, 3.8) is 0 Å². The molecular weight excluding hydrogens is 712 g/mol. The van der Waals surface area contributed by atoms with Crippen LogP contribution in [0.2, 0.25) is 0 Å². The molecule has 13 atom stereocenters. The van der Waals surface area contributed by atoms with Crippen LogP contribution >= 0.6 is 0 Å². The zero-order valence-corrected chi connectivity index (χ0v) is 28.3. The molecule has 0 radical (unpaired) electrons. The van der Waals surface area contributed by atoms with Crippen LogP contribution in [0.25, 0.3) is 6.08 Å². The number of carbonyl (C=O) groups excluding carboxylic acids is 1. The minimum atomic E-state index is -2.12. The van der Waals surface area contributed by atoms with Gasteiger partial charge in [-0.3, -0.25) is 0 Å². The van der Waals surface area contributed by atoms with E-state index >= 15 is 0 Å². The molecule has 3 fully saturated rings. The summed E-state index contributed by atoms with van der Waals surface area (Å²) in [5, 5.41) is 113. The van der Waals surface area contributed by atoms with Crippen molar-refractivity contribution >= 4 is 12.0 Å². The van der Waals surface area contributed by atoms with E-state index in [9.17, 15) is 61.0 Å². The molecule has 0 aromatic heterocycles. The number of rotatable bonds is 13. The largest absolute Gasteiger partial charge is 0.504 e. The summed E-state index contributed by atoms with van der Waals surface area (Å²) in [5.74, 6) is -2.58. The highest BCUT2D eigenvalue weighted by Gasteiger charge is 2.55. The highest BCUT2D eigenvalue weighted by atomic mass is 16.8. The number of hydrogen-bond acceptors (Lipinski definition) is 19. The molecule has 19 nitrogen and oxygen atoms in total. The van der Waals surface area contributed by atoms with Gasteiger partial charge in [0.05, 0.1) is 32.5 Å². The van der Waals surface area contributed by atoms with Crippen molar-refractivity contribution in [2.24, 2.45) is 0 Å². The lowest BCUT2D eigenvalue weighted by Gasteiger charge is -2.47. The number of esters is 1. The van der Waals surface area contributed by atoms with E-state index in [1.807, 2.05) is 0 Å². The Morgan fingerprint density at radius 1 is 0.830 bits per heavy atom. The Kier molecular flexibility index (Phi) is 13.2. The summed E-state index contributed by atoms with van der Waals surface area (Å²) in [7, 11) is 0. The maximum absolute atomic E-state index is 13.1. The molecule has 0 bridgehead atoms. The van der Waals surface area contributed by atoms with Crippen LogP contribution in [0.15, 0.2) is 42.5 Å². The van der Waals surface area contributed by atoms with Crippen LogP contribution in [-0.2, 0) is 44.4 Å². The van der Waals surface area contributed by atoms with Crippen molar-refractivity contribution in [1.29, 1.82) is 0 Å². The maximum atomic E-state index is 13.1. The Labute approximate surface area is 302 Å². The van der Waals surface area contributed by atoms with Gasteiger partial charge < -0.3 is 89.3 Å². The Bertz CT molecular complexity index is 1570. The fraction of sp³-hybridized carbons (Fsp3) is 0.559. The predicted molar refractivity (Wildman–Crippen MR) is 174 cm³/mol. The molecule has 11 N–H and O–H groups in total. The number of aliphatic hydroxyl groups is 7. The fourth-order valence-electron chi connectivity index (χ4n) is 5.95. The van der Waals surface area contributed by atoms with E-state index in [-0.39, 0.29) is 30.3 Å². The van der Waals surface area contributed by atoms with Crippen LogP contribution in [0.4, 0.5) is 0 Å². The van der Waals surface area contributed by atoms with E-state index in [1.165, 1.54) is 49.4 Å². The van der Waals surface area contributed by atoms with Crippen LogP contribution in [0.1, 0.15) is 18.1 Å². The monoisotopic (exact) mass is 756 g/mol. The lowest BCUT2D eigenvalue weighted by atomic mass is 9.96. The topological polar surface area (TPSA) is 304 Å². The Hall–Kier alpha value is -3.67. The molecule has 0 amide bonds. The summed E-state index contributed by atoms with van der Waals surface area (Å²) >= 11 is 0. The highest BCUT2D eigenvalue weighted by molar-refractivity contribution is 5.87.